The number of alkyl halides is 3. The normalized spacial score (nSPS) is 11.9. The van der Waals surface area contributed by atoms with Crippen LogP contribution in [-0.4, -0.2) is 33.0 Å². The minimum atomic E-state index is -4.42. The van der Waals surface area contributed by atoms with Crippen molar-refractivity contribution in [3.8, 4) is 17.2 Å². The van der Waals surface area contributed by atoms with Gasteiger partial charge in [-0.2, -0.15) is 13.2 Å². The molecule has 2 rings (SSSR count). The zero-order valence-corrected chi connectivity index (χ0v) is 15.8. The molecule has 6 nitrogen and oxygen atoms in total. The molecule has 2 aromatic carbocycles. The van der Waals surface area contributed by atoms with Crippen LogP contribution in [0.4, 0.5) is 18.9 Å². The lowest BCUT2D eigenvalue weighted by Crippen LogP contribution is -2.23. The van der Waals surface area contributed by atoms with Crippen molar-refractivity contribution in [2.75, 3.05) is 26.1 Å². The van der Waals surface area contributed by atoms with E-state index in [0.717, 1.165) is 5.56 Å². The highest BCUT2D eigenvalue weighted by Gasteiger charge is 2.28. The first-order valence-electron chi connectivity index (χ1n) is 8.30. The Morgan fingerprint density at radius 1 is 1.04 bits per heavy atom. The van der Waals surface area contributed by atoms with E-state index in [1.165, 1.54) is 20.3 Å². The molecule has 0 aliphatic carbocycles. The number of ether oxygens (including phenoxy) is 3. The minimum absolute atomic E-state index is 0.0552. The number of nitrogens with two attached hydrogens (primary N) is 1. The van der Waals surface area contributed by atoms with Crippen molar-refractivity contribution in [3.05, 3.63) is 47.5 Å². The van der Waals surface area contributed by atoms with E-state index < -0.39 is 12.8 Å². The molecule has 0 bridgehead atoms. The number of nitrogens with zero attached hydrogens (tertiary/aromatic N) is 1. The fourth-order valence-electron chi connectivity index (χ4n) is 2.36. The number of methoxy groups -OCH3 is 2. The Bertz CT molecular complexity index is 839. The first kappa shape index (κ1) is 21.2. The number of anilines is 1. The molecule has 0 atom stereocenters. The van der Waals surface area contributed by atoms with Gasteiger partial charge < -0.3 is 25.3 Å². The van der Waals surface area contributed by atoms with Gasteiger partial charge in [0.05, 0.1) is 20.8 Å². The van der Waals surface area contributed by atoms with Crippen LogP contribution in [0.25, 0.3) is 0 Å². The molecule has 0 heterocycles. The summed E-state index contributed by atoms with van der Waals surface area (Å²) in [6, 6.07) is 10.1. The van der Waals surface area contributed by atoms with Crippen LogP contribution in [0, 0.1) is 6.92 Å². The summed E-state index contributed by atoms with van der Waals surface area (Å²) in [5.41, 5.74) is 7.78. The maximum Gasteiger partial charge on any atom is 0.422 e. The zero-order chi connectivity index (χ0) is 20.7. The van der Waals surface area contributed by atoms with Crippen LogP contribution < -0.4 is 25.3 Å². The number of guanidine groups is 1. The largest absolute Gasteiger partial charge is 0.493 e. The van der Waals surface area contributed by atoms with Crippen LogP contribution in [-0.2, 0) is 6.54 Å². The van der Waals surface area contributed by atoms with Crippen molar-refractivity contribution in [1.29, 1.82) is 0 Å². The topological polar surface area (TPSA) is 78.1 Å². The first-order chi connectivity index (χ1) is 13.2. The molecule has 0 spiro atoms. The van der Waals surface area contributed by atoms with Gasteiger partial charge in [0, 0.05) is 17.3 Å². The molecule has 0 amide bonds. The minimum Gasteiger partial charge on any atom is -0.493 e. The van der Waals surface area contributed by atoms with E-state index in [0.29, 0.717) is 22.7 Å². The van der Waals surface area contributed by atoms with E-state index in [4.69, 9.17) is 19.9 Å². The van der Waals surface area contributed by atoms with Gasteiger partial charge in [0.2, 0.25) is 0 Å². The first-order valence-corrected chi connectivity index (χ1v) is 8.30. The van der Waals surface area contributed by atoms with Crippen LogP contribution in [0.3, 0.4) is 0 Å². The second kappa shape index (κ2) is 9.20. The summed E-state index contributed by atoms with van der Waals surface area (Å²) in [5, 5.41) is 2.90. The van der Waals surface area contributed by atoms with Crippen molar-refractivity contribution in [1.82, 2.24) is 0 Å². The number of benzene rings is 2. The molecule has 0 saturated carbocycles. The lowest BCUT2D eigenvalue weighted by atomic mass is 10.1. The number of halogens is 3. The summed E-state index contributed by atoms with van der Waals surface area (Å²) in [7, 11) is 3.04. The van der Waals surface area contributed by atoms with E-state index in [9.17, 15) is 13.2 Å². The summed E-state index contributed by atoms with van der Waals surface area (Å²) in [4.78, 5) is 4.17. The predicted molar refractivity (Wildman–Crippen MR) is 101 cm³/mol. The van der Waals surface area contributed by atoms with Crippen LogP contribution >= 0.6 is 0 Å². The molecule has 9 heteroatoms. The standard InChI is InChI=1S/C19H22F3N3O3/c1-12-4-5-13(16(8-12)28-11-19(20,21)22)10-24-18(23)25-14-6-7-15(26-2)17(9-14)27-3/h4-9H,10-11H2,1-3H3,(H3,23,24,25). The lowest BCUT2D eigenvalue weighted by molar-refractivity contribution is -0.153. The Hall–Kier alpha value is -3.10. The fourth-order valence-corrected chi connectivity index (χ4v) is 2.36. The van der Waals surface area contributed by atoms with Gasteiger partial charge in [-0.3, -0.25) is 0 Å². The molecule has 0 radical (unpaired) electrons. The Morgan fingerprint density at radius 3 is 2.39 bits per heavy atom. The van der Waals surface area contributed by atoms with Crippen molar-refractivity contribution < 1.29 is 27.4 Å². The van der Waals surface area contributed by atoms with Gasteiger partial charge in [-0.15, -0.1) is 0 Å². The van der Waals surface area contributed by atoms with Crippen molar-refractivity contribution >= 4 is 11.6 Å². The summed E-state index contributed by atoms with van der Waals surface area (Å²) in [5.74, 6) is 1.30. The average Bonchev–Trinajstić information content (AvgIpc) is 2.64. The Balaban J connectivity index is 2.10. The molecular formula is C19H22F3N3O3. The Labute approximate surface area is 161 Å². The fraction of sp³-hybridized carbons (Fsp3) is 0.316. The predicted octanol–water partition coefficient (Wildman–Crippen LogP) is 3.88. The number of aliphatic imine (C=N–C) groups is 1. The molecule has 0 unspecified atom stereocenters. The number of aryl methyl sites for hydroxylation is 1. The van der Waals surface area contributed by atoms with Crippen molar-refractivity contribution in [2.45, 2.75) is 19.6 Å². The number of hydrogen-bond donors (Lipinski definition) is 2. The quantitative estimate of drug-likeness (QED) is 0.548. The highest BCUT2D eigenvalue weighted by Crippen LogP contribution is 2.29. The molecule has 0 aliphatic heterocycles. The lowest BCUT2D eigenvalue weighted by Gasteiger charge is -2.13. The summed E-state index contributed by atoms with van der Waals surface area (Å²) < 4.78 is 52.6. The van der Waals surface area contributed by atoms with E-state index in [2.05, 4.69) is 10.3 Å². The van der Waals surface area contributed by atoms with E-state index >= 15 is 0 Å². The molecule has 152 valence electrons. The van der Waals surface area contributed by atoms with Gasteiger partial charge in [0.25, 0.3) is 0 Å². The summed E-state index contributed by atoms with van der Waals surface area (Å²) in [6.45, 7) is 0.451. The molecular weight excluding hydrogens is 375 g/mol. The van der Waals surface area contributed by atoms with Gasteiger partial charge in [-0.05, 0) is 30.7 Å². The molecule has 28 heavy (non-hydrogen) atoms. The van der Waals surface area contributed by atoms with E-state index in [-0.39, 0.29) is 18.3 Å². The third-order valence-electron chi connectivity index (χ3n) is 3.69. The average molecular weight is 397 g/mol. The van der Waals surface area contributed by atoms with E-state index in [1.54, 1.807) is 37.3 Å². The van der Waals surface area contributed by atoms with Crippen LogP contribution in [0.15, 0.2) is 41.4 Å². The van der Waals surface area contributed by atoms with E-state index in [1.807, 2.05) is 0 Å². The third kappa shape index (κ3) is 6.26. The maximum atomic E-state index is 12.4. The van der Waals surface area contributed by atoms with Crippen LogP contribution in [0.5, 0.6) is 17.2 Å². The summed E-state index contributed by atoms with van der Waals surface area (Å²) >= 11 is 0. The third-order valence-corrected chi connectivity index (χ3v) is 3.69. The van der Waals surface area contributed by atoms with Gasteiger partial charge in [0.15, 0.2) is 24.1 Å². The van der Waals surface area contributed by atoms with Gasteiger partial charge >= 0.3 is 6.18 Å². The Morgan fingerprint density at radius 2 is 1.75 bits per heavy atom. The second-order valence-electron chi connectivity index (χ2n) is 5.91. The molecule has 2 aromatic rings. The SMILES string of the molecule is COc1ccc(NC(N)=NCc2ccc(C)cc2OCC(F)(F)F)cc1OC. The number of rotatable bonds is 7. The molecule has 0 saturated heterocycles. The highest BCUT2D eigenvalue weighted by molar-refractivity contribution is 5.92. The molecule has 0 aromatic heterocycles. The maximum absolute atomic E-state index is 12.4. The van der Waals surface area contributed by atoms with Crippen molar-refractivity contribution in [3.63, 3.8) is 0 Å². The highest BCUT2D eigenvalue weighted by atomic mass is 19.4. The molecule has 0 fully saturated rings. The summed E-state index contributed by atoms with van der Waals surface area (Å²) in [6.07, 6.45) is -4.42. The number of nitrogens with one attached hydrogen (secondary N) is 1. The van der Waals surface area contributed by atoms with Gasteiger partial charge in [-0.1, -0.05) is 12.1 Å². The Kier molecular flexibility index (Phi) is 6.97. The molecule has 3 N–H and O–H groups in total. The van der Waals surface area contributed by atoms with Crippen LogP contribution in [0.1, 0.15) is 11.1 Å². The van der Waals surface area contributed by atoms with Crippen LogP contribution in [0.2, 0.25) is 0 Å². The number of hydrogen-bond acceptors (Lipinski definition) is 4. The van der Waals surface area contributed by atoms with Crippen molar-refractivity contribution in [2.24, 2.45) is 10.7 Å². The molecule has 0 aliphatic rings. The van der Waals surface area contributed by atoms with Gasteiger partial charge in [-0.25, -0.2) is 4.99 Å². The van der Waals surface area contributed by atoms with Gasteiger partial charge in [0.1, 0.15) is 5.75 Å². The smallest absolute Gasteiger partial charge is 0.422 e. The zero-order valence-electron chi connectivity index (χ0n) is 15.8. The monoisotopic (exact) mass is 397 g/mol. The second-order valence-corrected chi connectivity index (χ2v) is 5.91.